The van der Waals surface area contributed by atoms with Crippen molar-refractivity contribution in [1.82, 2.24) is 10.3 Å². The van der Waals surface area contributed by atoms with Crippen molar-refractivity contribution < 1.29 is 9.53 Å². The van der Waals surface area contributed by atoms with Crippen LogP contribution >= 0.6 is 11.8 Å². The summed E-state index contributed by atoms with van der Waals surface area (Å²) in [6, 6.07) is 15.6. The van der Waals surface area contributed by atoms with Gasteiger partial charge in [-0.15, -0.1) is 0 Å². The molecule has 4 rings (SSSR count). The number of pyridine rings is 1. The summed E-state index contributed by atoms with van der Waals surface area (Å²) >= 11 is 1.32. The van der Waals surface area contributed by atoms with Gasteiger partial charge in [0.05, 0.1) is 17.5 Å². The largest absolute Gasteiger partial charge is 0.494 e. The minimum absolute atomic E-state index is 0.155. The molecule has 0 unspecified atom stereocenters. The van der Waals surface area contributed by atoms with E-state index in [4.69, 9.17) is 4.74 Å². The molecule has 0 radical (unpaired) electrons. The number of nitrogens with zero attached hydrogens (tertiary/aromatic N) is 2. The quantitative estimate of drug-likeness (QED) is 0.687. The molecule has 2 heterocycles. The van der Waals surface area contributed by atoms with E-state index in [-0.39, 0.29) is 5.91 Å². The number of fused-ring (bicyclic) bond motifs is 1. The number of amidine groups is 1. The van der Waals surface area contributed by atoms with Crippen molar-refractivity contribution in [3.8, 4) is 5.75 Å². The number of carbonyl (C=O) groups is 1. The standard InChI is InChI=1S/C21H17N3O2S/c1-13-5-3-7-17(26-2)19(13)23-21-24-20(25)18(27-21)12-14-8-9-16-15(11-14)6-4-10-22-16/h3-12H,1-2H3,(H,23,24,25)/b18-12+. The van der Waals surface area contributed by atoms with Crippen molar-refractivity contribution in [3.63, 3.8) is 0 Å². The number of hydrogen-bond acceptors (Lipinski definition) is 5. The number of ether oxygens (including phenoxy) is 1. The van der Waals surface area contributed by atoms with Crippen molar-refractivity contribution in [1.29, 1.82) is 0 Å². The normalized spacial score (nSPS) is 16.9. The highest BCUT2D eigenvalue weighted by Crippen LogP contribution is 2.34. The summed E-state index contributed by atoms with van der Waals surface area (Å²) in [7, 11) is 1.61. The number of carbonyl (C=O) groups excluding carboxylic acids is 1. The first-order chi connectivity index (χ1) is 13.1. The van der Waals surface area contributed by atoms with Gasteiger partial charge in [-0.2, -0.15) is 0 Å². The van der Waals surface area contributed by atoms with Gasteiger partial charge in [-0.1, -0.05) is 24.3 Å². The molecule has 6 heteroatoms. The van der Waals surface area contributed by atoms with Crippen LogP contribution in [0.1, 0.15) is 11.1 Å². The molecule has 0 saturated carbocycles. The summed E-state index contributed by atoms with van der Waals surface area (Å²) in [5.74, 6) is 0.523. The van der Waals surface area contributed by atoms with Crippen LogP contribution in [0.2, 0.25) is 0 Å². The number of rotatable bonds is 3. The number of amides is 1. The van der Waals surface area contributed by atoms with E-state index in [1.54, 1.807) is 13.3 Å². The molecule has 1 aliphatic heterocycles. The van der Waals surface area contributed by atoms with E-state index in [2.05, 4.69) is 15.3 Å². The second-order valence-corrected chi connectivity index (χ2v) is 7.09. The Bertz CT molecular complexity index is 1110. The maximum absolute atomic E-state index is 12.4. The first-order valence-corrected chi connectivity index (χ1v) is 9.24. The topological polar surface area (TPSA) is 63.6 Å². The van der Waals surface area contributed by atoms with Crippen LogP contribution in [0.15, 0.2) is 64.6 Å². The van der Waals surface area contributed by atoms with Crippen LogP contribution in [0.5, 0.6) is 5.75 Å². The molecule has 1 amide bonds. The van der Waals surface area contributed by atoms with Crippen molar-refractivity contribution >= 4 is 45.5 Å². The van der Waals surface area contributed by atoms with Gasteiger partial charge in [0.1, 0.15) is 11.4 Å². The third-order valence-corrected chi connectivity index (χ3v) is 5.12. The zero-order valence-corrected chi connectivity index (χ0v) is 15.7. The lowest BCUT2D eigenvalue weighted by Crippen LogP contribution is -2.19. The number of aliphatic imine (C=N–C) groups is 1. The Morgan fingerprint density at radius 1 is 1.19 bits per heavy atom. The van der Waals surface area contributed by atoms with Crippen LogP contribution in [0, 0.1) is 6.92 Å². The molecule has 1 aliphatic rings. The average Bonchev–Trinajstić information content (AvgIpc) is 3.02. The summed E-state index contributed by atoms with van der Waals surface area (Å²) in [5.41, 5.74) is 3.58. The summed E-state index contributed by atoms with van der Waals surface area (Å²) in [4.78, 5) is 21.9. The molecule has 1 aromatic heterocycles. The Balaban J connectivity index is 1.65. The molecular weight excluding hydrogens is 358 g/mol. The van der Waals surface area contributed by atoms with Crippen LogP contribution in [-0.4, -0.2) is 23.2 Å². The fourth-order valence-electron chi connectivity index (χ4n) is 2.86. The van der Waals surface area contributed by atoms with Crippen LogP contribution in [0.25, 0.3) is 17.0 Å². The summed E-state index contributed by atoms with van der Waals surface area (Å²) in [6.45, 7) is 1.96. The smallest absolute Gasteiger partial charge is 0.264 e. The Kier molecular flexibility index (Phi) is 4.64. The van der Waals surface area contributed by atoms with Crippen LogP contribution in [-0.2, 0) is 4.79 Å². The van der Waals surface area contributed by atoms with E-state index in [9.17, 15) is 4.79 Å². The number of hydrogen-bond donors (Lipinski definition) is 1. The van der Waals surface area contributed by atoms with Crippen LogP contribution in [0.4, 0.5) is 5.69 Å². The van der Waals surface area contributed by atoms with Gasteiger partial charge >= 0.3 is 0 Å². The molecule has 1 fully saturated rings. The molecule has 0 atom stereocenters. The Morgan fingerprint density at radius 3 is 2.93 bits per heavy atom. The number of thioether (sulfide) groups is 1. The number of methoxy groups -OCH3 is 1. The first-order valence-electron chi connectivity index (χ1n) is 8.42. The lowest BCUT2D eigenvalue weighted by Gasteiger charge is -2.07. The predicted molar refractivity (Wildman–Crippen MR) is 110 cm³/mol. The minimum Gasteiger partial charge on any atom is -0.494 e. The van der Waals surface area contributed by atoms with E-state index in [0.29, 0.717) is 15.8 Å². The molecule has 1 saturated heterocycles. The minimum atomic E-state index is -0.155. The van der Waals surface area contributed by atoms with Gasteiger partial charge in [0.25, 0.3) is 5.91 Å². The third-order valence-electron chi connectivity index (χ3n) is 4.21. The molecule has 0 spiro atoms. The Hall–Kier alpha value is -3.12. The fourth-order valence-corrected chi connectivity index (χ4v) is 3.69. The SMILES string of the molecule is COc1cccc(C)c1N=C1NC(=O)/C(=C\c2ccc3ncccc3c2)S1. The van der Waals surface area contributed by atoms with Gasteiger partial charge in [0.15, 0.2) is 5.17 Å². The fraction of sp³-hybridized carbons (Fsp3) is 0.0952. The van der Waals surface area contributed by atoms with Gasteiger partial charge in [0, 0.05) is 11.6 Å². The molecule has 0 aliphatic carbocycles. The highest BCUT2D eigenvalue weighted by molar-refractivity contribution is 8.18. The summed E-state index contributed by atoms with van der Waals surface area (Å²) in [6.07, 6.45) is 3.63. The molecule has 1 N–H and O–H groups in total. The van der Waals surface area contributed by atoms with E-state index in [1.165, 1.54) is 11.8 Å². The molecular formula is C21H17N3O2S. The van der Waals surface area contributed by atoms with Gasteiger partial charge in [-0.05, 0) is 60.2 Å². The number of para-hydroxylation sites is 1. The maximum atomic E-state index is 12.4. The highest BCUT2D eigenvalue weighted by atomic mass is 32.2. The zero-order valence-electron chi connectivity index (χ0n) is 14.9. The highest BCUT2D eigenvalue weighted by Gasteiger charge is 2.24. The van der Waals surface area contributed by atoms with Gasteiger partial charge in [-0.3, -0.25) is 9.78 Å². The van der Waals surface area contributed by atoms with Gasteiger partial charge < -0.3 is 10.1 Å². The van der Waals surface area contributed by atoms with Gasteiger partial charge in [0.2, 0.25) is 0 Å². The average molecular weight is 375 g/mol. The number of benzene rings is 2. The molecule has 2 aromatic carbocycles. The van der Waals surface area contributed by atoms with Crippen molar-refractivity contribution in [2.45, 2.75) is 6.92 Å². The number of aromatic nitrogens is 1. The van der Waals surface area contributed by atoms with Crippen LogP contribution < -0.4 is 10.1 Å². The molecule has 0 bridgehead atoms. The monoisotopic (exact) mass is 375 g/mol. The maximum Gasteiger partial charge on any atom is 0.264 e. The van der Waals surface area contributed by atoms with Crippen molar-refractivity contribution in [2.75, 3.05) is 7.11 Å². The number of aryl methyl sites for hydroxylation is 1. The van der Waals surface area contributed by atoms with E-state index >= 15 is 0 Å². The second kappa shape index (κ2) is 7.25. The lowest BCUT2D eigenvalue weighted by molar-refractivity contribution is -0.115. The van der Waals surface area contributed by atoms with Crippen molar-refractivity contribution in [3.05, 3.63) is 70.8 Å². The van der Waals surface area contributed by atoms with E-state index < -0.39 is 0 Å². The Labute approximate surface area is 161 Å². The predicted octanol–water partition coefficient (Wildman–Crippen LogP) is 4.44. The third kappa shape index (κ3) is 3.57. The van der Waals surface area contributed by atoms with Crippen LogP contribution in [0.3, 0.4) is 0 Å². The van der Waals surface area contributed by atoms with E-state index in [1.807, 2.05) is 61.5 Å². The molecule has 3 aromatic rings. The summed E-state index contributed by atoms with van der Waals surface area (Å²) < 4.78 is 5.38. The molecule has 134 valence electrons. The summed E-state index contributed by atoms with van der Waals surface area (Å²) in [5, 5.41) is 4.41. The first kappa shape index (κ1) is 17.3. The molecule has 27 heavy (non-hydrogen) atoms. The molecule has 5 nitrogen and oxygen atoms in total. The van der Waals surface area contributed by atoms with E-state index in [0.717, 1.165) is 27.7 Å². The lowest BCUT2D eigenvalue weighted by atomic mass is 10.1. The van der Waals surface area contributed by atoms with Gasteiger partial charge in [-0.25, -0.2) is 4.99 Å². The second-order valence-electron chi connectivity index (χ2n) is 6.06. The Morgan fingerprint density at radius 2 is 2.07 bits per heavy atom. The zero-order chi connectivity index (χ0) is 18.8. The van der Waals surface area contributed by atoms with Crippen molar-refractivity contribution in [2.24, 2.45) is 4.99 Å². The number of nitrogens with one attached hydrogen (secondary N) is 1.